The molecule has 0 saturated carbocycles. The number of hydrogen-bond donors (Lipinski definition) is 3. The molecular formula is C18H17Cl2N3O2. The lowest BCUT2D eigenvalue weighted by Crippen LogP contribution is -2.28. The van der Waals surface area contributed by atoms with Gasteiger partial charge in [-0.3, -0.25) is 4.79 Å². The smallest absolute Gasteiger partial charge is 0.319 e. The van der Waals surface area contributed by atoms with E-state index in [0.29, 0.717) is 28.0 Å². The minimum absolute atomic E-state index is 0.178. The molecule has 0 spiro atoms. The summed E-state index contributed by atoms with van der Waals surface area (Å²) in [6.45, 7) is 3.90. The highest BCUT2D eigenvalue weighted by Crippen LogP contribution is 2.23. The van der Waals surface area contributed by atoms with Crippen LogP contribution in [0.5, 0.6) is 0 Å². The first-order valence-corrected chi connectivity index (χ1v) is 8.23. The molecule has 0 unspecified atom stereocenters. The molecule has 3 N–H and O–H groups in total. The lowest BCUT2D eigenvalue weighted by Gasteiger charge is -2.09. The van der Waals surface area contributed by atoms with Crippen molar-refractivity contribution in [2.45, 2.75) is 6.42 Å². The van der Waals surface area contributed by atoms with E-state index >= 15 is 0 Å². The SMILES string of the molecule is C=CCNC(=O)Nc1ccc(NC(=O)Cc2ccc(Cl)c(Cl)c2)cc1. The van der Waals surface area contributed by atoms with Crippen molar-refractivity contribution in [3.63, 3.8) is 0 Å². The van der Waals surface area contributed by atoms with Gasteiger partial charge in [-0.25, -0.2) is 4.79 Å². The molecule has 0 aliphatic rings. The molecule has 0 aliphatic carbocycles. The maximum atomic E-state index is 12.1. The minimum atomic E-state index is -0.323. The minimum Gasteiger partial charge on any atom is -0.334 e. The zero-order chi connectivity index (χ0) is 18.2. The normalized spacial score (nSPS) is 10.0. The quantitative estimate of drug-likeness (QED) is 0.649. The predicted octanol–water partition coefficient (Wildman–Crippen LogP) is 4.48. The Morgan fingerprint density at radius 2 is 1.60 bits per heavy atom. The first-order valence-electron chi connectivity index (χ1n) is 7.47. The van der Waals surface area contributed by atoms with Gasteiger partial charge in [-0.1, -0.05) is 35.3 Å². The fourth-order valence-corrected chi connectivity index (χ4v) is 2.34. The number of nitrogens with one attached hydrogen (secondary N) is 3. The number of benzene rings is 2. The van der Waals surface area contributed by atoms with Crippen molar-refractivity contribution in [2.75, 3.05) is 17.2 Å². The number of carbonyl (C=O) groups is 2. The second-order valence-corrected chi connectivity index (χ2v) is 5.99. The van der Waals surface area contributed by atoms with Gasteiger partial charge < -0.3 is 16.0 Å². The number of hydrogen-bond acceptors (Lipinski definition) is 2. The Morgan fingerprint density at radius 1 is 0.960 bits per heavy atom. The number of halogens is 2. The number of anilines is 2. The van der Waals surface area contributed by atoms with E-state index in [1.807, 2.05) is 0 Å². The van der Waals surface area contributed by atoms with Gasteiger partial charge in [0.15, 0.2) is 0 Å². The summed E-state index contributed by atoms with van der Waals surface area (Å²) in [5.74, 6) is -0.178. The first-order chi connectivity index (χ1) is 12.0. The molecule has 3 amide bonds. The Hall–Kier alpha value is -2.50. The van der Waals surface area contributed by atoms with Gasteiger partial charge >= 0.3 is 6.03 Å². The highest BCUT2D eigenvalue weighted by molar-refractivity contribution is 6.42. The molecule has 0 atom stereocenters. The zero-order valence-electron chi connectivity index (χ0n) is 13.3. The molecule has 5 nitrogen and oxygen atoms in total. The van der Waals surface area contributed by atoms with Crippen molar-refractivity contribution in [2.24, 2.45) is 0 Å². The summed E-state index contributed by atoms with van der Waals surface area (Å²) in [5.41, 5.74) is 2.01. The van der Waals surface area contributed by atoms with E-state index in [1.165, 1.54) is 0 Å². The summed E-state index contributed by atoms with van der Waals surface area (Å²) < 4.78 is 0. The number of urea groups is 1. The lowest BCUT2D eigenvalue weighted by atomic mass is 10.1. The molecule has 0 bridgehead atoms. The molecule has 0 saturated heterocycles. The van der Waals surface area contributed by atoms with E-state index in [4.69, 9.17) is 23.2 Å². The Kier molecular flexibility index (Phi) is 6.86. The monoisotopic (exact) mass is 377 g/mol. The van der Waals surface area contributed by atoms with Crippen molar-refractivity contribution in [1.82, 2.24) is 5.32 Å². The van der Waals surface area contributed by atoms with Crippen LogP contribution in [0.3, 0.4) is 0 Å². The Labute approximate surface area is 156 Å². The van der Waals surface area contributed by atoms with Crippen LogP contribution in [-0.4, -0.2) is 18.5 Å². The molecular weight excluding hydrogens is 361 g/mol. The van der Waals surface area contributed by atoms with Crippen LogP contribution in [0.4, 0.5) is 16.2 Å². The van der Waals surface area contributed by atoms with E-state index < -0.39 is 0 Å². The molecule has 0 radical (unpaired) electrons. The van der Waals surface area contributed by atoms with Gasteiger partial charge in [-0.15, -0.1) is 6.58 Å². The van der Waals surface area contributed by atoms with Gasteiger partial charge in [0.2, 0.25) is 5.91 Å². The van der Waals surface area contributed by atoms with Crippen LogP contribution in [0.1, 0.15) is 5.56 Å². The number of rotatable bonds is 6. The van der Waals surface area contributed by atoms with Crippen LogP contribution in [0.15, 0.2) is 55.1 Å². The molecule has 130 valence electrons. The Balaban J connectivity index is 1.89. The zero-order valence-corrected chi connectivity index (χ0v) is 14.8. The van der Waals surface area contributed by atoms with Crippen molar-refractivity contribution < 1.29 is 9.59 Å². The third kappa shape index (κ3) is 6.14. The van der Waals surface area contributed by atoms with Crippen LogP contribution in [-0.2, 0) is 11.2 Å². The molecule has 0 aromatic heterocycles. The van der Waals surface area contributed by atoms with E-state index in [2.05, 4.69) is 22.5 Å². The molecule has 0 heterocycles. The lowest BCUT2D eigenvalue weighted by molar-refractivity contribution is -0.115. The summed E-state index contributed by atoms with van der Waals surface area (Å²) in [4.78, 5) is 23.6. The Bertz CT molecular complexity index is 776. The average Bonchev–Trinajstić information content (AvgIpc) is 2.58. The molecule has 25 heavy (non-hydrogen) atoms. The molecule has 0 fully saturated rings. The van der Waals surface area contributed by atoms with Crippen molar-refractivity contribution in [3.05, 3.63) is 70.7 Å². The third-order valence-electron chi connectivity index (χ3n) is 3.18. The number of carbonyl (C=O) groups excluding carboxylic acids is 2. The van der Waals surface area contributed by atoms with E-state index in [1.54, 1.807) is 48.5 Å². The van der Waals surface area contributed by atoms with Gasteiger partial charge in [0.25, 0.3) is 0 Å². The molecule has 0 aliphatic heterocycles. The van der Waals surface area contributed by atoms with Gasteiger partial charge in [-0.2, -0.15) is 0 Å². The largest absolute Gasteiger partial charge is 0.334 e. The second-order valence-electron chi connectivity index (χ2n) is 5.17. The second kappa shape index (κ2) is 9.11. The molecule has 2 rings (SSSR count). The van der Waals surface area contributed by atoms with Crippen LogP contribution in [0.2, 0.25) is 10.0 Å². The standard InChI is InChI=1S/C18H17Cl2N3O2/c1-2-9-21-18(25)23-14-6-4-13(5-7-14)22-17(24)11-12-3-8-15(19)16(20)10-12/h2-8,10H,1,9,11H2,(H,22,24)(H2,21,23,25). The van der Waals surface area contributed by atoms with E-state index in [-0.39, 0.29) is 18.4 Å². The van der Waals surface area contributed by atoms with Gasteiger partial charge in [0.1, 0.15) is 0 Å². The summed E-state index contributed by atoms with van der Waals surface area (Å²) in [6, 6.07) is 11.6. The van der Waals surface area contributed by atoms with Gasteiger partial charge in [0.05, 0.1) is 16.5 Å². The van der Waals surface area contributed by atoms with Crippen molar-refractivity contribution in [1.29, 1.82) is 0 Å². The van der Waals surface area contributed by atoms with E-state index in [9.17, 15) is 9.59 Å². The topological polar surface area (TPSA) is 70.2 Å². The van der Waals surface area contributed by atoms with Crippen LogP contribution < -0.4 is 16.0 Å². The summed E-state index contributed by atoms with van der Waals surface area (Å²) >= 11 is 11.8. The van der Waals surface area contributed by atoms with Crippen molar-refractivity contribution >= 4 is 46.5 Å². The summed E-state index contributed by atoms with van der Waals surface area (Å²) in [7, 11) is 0. The van der Waals surface area contributed by atoms with E-state index in [0.717, 1.165) is 5.56 Å². The summed E-state index contributed by atoms with van der Waals surface area (Å²) in [5, 5.41) is 8.92. The number of amides is 3. The summed E-state index contributed by atoms with van der Waals surface area (Å²) in [6.07, 6.45) is 1.77. The first kappa shape index (κ1) is 18.8. The maximum Gasteiger partial charge on any atom is 0.319 e. The highest BCUT2D eigenvalue weighted by atomic mass is 35.5. The fourth-order valence-electron chi connectivity index (χ4n) is 2.02. The third-order valence-corrected chi connectivity index (χ3v) is 3.92. The van der Waals surface area contributed by atoms with Crippen LogP contribution in [0.25, 0.3) is 0 Å². The molecule has 2 aromatic rings. The Morgan fingerprint density at radius 3 is 2.20 bits per heavy atom. The maximum absolute atomic E-state index is 12.1. The highest BCUT2D eigenvalue weighted by Gasteiger charge is 2.07. The predicted molar refractivity (Wildman–Crippen MR) is 102 cm³/mol. The molecule has 2 aromatic carbocycles. The van der Waals surface area contributed by atoms with Crippen LogP contribution >= 0.6 is 23.2 Å². The van der Waals surface area contributed by atoms with Crippen molar-refractivity contribution in [3.8, 4) is 0 Å². The van der Waals surface area contributed by atoms with Crippen LogP contribution in [0, 0.1) is 0 Å². The van der Waals surface area contributed by atoms with Gasteiger partial charge in [-0.05, 0) is 42.0 Å². The fraction of sp³-hybridized carbons (Fsp3) is 0.111. The average molecular weight is 378 g/mol. The van der Waals surface area contributed by atoms with Gasteiger partial charge in [0, 0.05) is 17.9 Å². The molecule has 7 heteroatoms.